The van der Waals surface area contributed by atoms with Crippen molar-refractivity contribution in [1.29, 1.82) is 0 Å². The van der Waals surface area contributed by atoms with E-state index in [1.165, 1.54) is 19.3 Å². The summed E-state index contributed by atoms with van der Waals surface area (Å²) >= 11 is 3.49. The molecule has 0 bridgehead atoms. The summed E-state index contributed by atoms with van der Waals surface area (Å²) in [5.41, 5.74) is 0.805. The van der Waals surface area contributed by atoms with Crippen LogP contribution in [0.3, 0.4) is 0 Å². The third kappa shape index (κ3) is 3.27. The Hall–Kier alpha value is -0.770. The molecule has 1 aromatic rings. The molecule has 1 amide bonds. The van der Waals surface area contributed by atoms with Gasteiger partial charge in [0.25, 0.3) is 5.91 Å². The third-order valence-corrected chi connectivity index (χ3v) is 4.86. The van der Waals surface area contributed by atoms with Crippen molar-refractivity contribution < 1.29 is 4.79 Å². The van der Waals surface area contributed by atoms with Gasteiger partial charge in [0.15, 0.2) is 0 Å². The van der Waals surface area contributed by atoms with Gasteiger partial charge < -0.3 is 9.47 Å². The average Bonchev–Trinajstić information content (AvgIpc) is 2.79. The second kappa shape index (κ2) is 6.79. The van der Waals surface area contributed by atoms with Crippen molar-refractivity contribution in [1.82, 2.24) is 9.47 Å². The lowest BCUT2D eigenvalue weighted by atomic mass is 9.85. The highest BCUT2D eigenvalue weighted by atomic mass is 79.9. The minimum absolute atomic E-state index is 0.155. The maximum absolute atomic E-state index is 12.8. The van der Waals surface area contributed by atoms with Crippen molar-refractivity contribution >= 4 is 21.8 Å². The van der Waals surface area contributed by atoms with E-state index in [9.17, 15) is 4.79 Å². The number of carbonyl (C=O) groups excluding carboxylic acids is 1. The molecule has 2 atom stereocenters. The predicted molar refractivity (Wildman–Crippen MR) is 85.9 cm³/mol. The van der Waals surface area contributed by atoms with Gasteiger partial charge in [0.1, 0.15) is 5.69 Å². The van der Waals surface area contributed by atoms with E-state index >= 15 is 0 Å². The highest BCUT2D eigenvalue weighted by Gasteiger charge is 2.29. The van der Waals surface area contributed by atoms with Crippen LogP contribution in [0.25, 0.3) is 0 Å². The zero-order valence-electron chi connectivity index (χ0n) is 12.7. The van der Waals surface area contributed by atoms with Crippen molar-refractivity contribution in [3.63, 3.8) is 0 Å². The first kappa shape index (κ1) is 15.6. The molecule has 1 saturated carbocycles. The Labute approximate surface area is 130 Å². The summed E-state index contributed by atoms with van der Waals surface area (Å²) in [6.45, 7) is 5.30. The minimum Gasteiger partial charge on any atom is -0.342 e. The van der Waals surface area contributed by atoms with Gasteiger partial charge in [0, 0.05) is 30.3 Å². The molecule has 1 aromatic heterocycles. The normalized spacial score (nSPS) is 22.8. The van der Waals surface area contributed by atoms with Crippen LogP contribution < -0.4 is 0 Å². The average molecular weight is 341 g/mol. The van der Waals surface area contributed by atoms with E-state index in [0.717, 1.165) is 29.6 Å². The molecule has 0 aliphatic heterocycles. The lowest BCUT2D eigenvalue weighted by Crippen LogP contribution is -2.43. The second-order valence-corrected chi connectivity index (χ2v) is 6.90. The molecule has 112 valence electrons. The van der Waals surface area contributed by atoms with Crippen molar-refractivity contribution in [3.8, 4) is 0 Å². The second-order valence-electron chi connectivity index (χ2n) is 5.98. The van der Waals surface area contributed by atoms with E-state index in [1.807, 2.05) is 24.2 Å². The largest absolute Gasteiger partial charge is 0.342 e. The van der Waals surface area contributed by atoms with Gasteiger partial charge in [0.05, 0.1) is 0 Å². The summed E-state index contributed by atoms with van der Waals surface area (Å²) < 4.78 is 3.05. The maximum Gasteiger partial charge on any atom is 0.270 e. The molecule has 1 fully saturated rings. The summed E-state index contributed by atoms with van der Waals surface area (Å²) in [6, 6.07) is 2.34. The SMILES string of the molecule is CCCn1cc(Br)cc1C(=O)N(C)C1CCCCC1C. The van der Waals surface area contributed by atoms with E-state index in [4.69, 9.17) is 0 Å². The van der Waals surface area contributed by atoms with E-state index in [-0.39, 0.29) is 5.91 Å². The molecule has 0 spiro atoms. The summed E-state index contributed by atoms with van der Waals surface area (Å²) in [5, 5.41) is 0. The molecule has 20 heavy (non-hydrogen) atoms. The van der Waals surface area contributed by atoms with Crippen LogP contribution in [0.5, 0.6) is 0 Å². The standard InChI is InChI=1S/C16H25BrN2O/c1-4-9-19-11-13(17)10-15(19)16(20)18(3)14-8-6-5-7-12(14)2/h10-12,14H,4-9H2,1-3H3. The van der Waals surface area contributed by atoms with Crippen LogP contribution in [0.15, 0.2) is 16.7 Å². The van der Waals surface area contributed by atoms with Crippen LogP contribution in [-0.4, -0.2) is 28.5 Å². The van der Waals surface area contributed by atoms with E-state index in [2.05, 4.69) is 34.3 Å². The van der Waals surface area contributed by atoms with E-state index in [1.54, 1.807) is 0 Å². The first-order chi connectivity index (χ1) is 9.54. The van der Waals surface area contributed by atoms with Crippen molar-refractivity contribution in [2.24, 2.45) is 5.92 Å². The number of rotatable bonds is 4. The molecule has 3 nitrogen and oxygen atoms in total. The van der Waals surface area contributed by atoms with E-state index in [0.29, 0.717) is 12.0 Å². The summed E-state index contributed by atoms with van der Waals surface area (Å²) in [5.74, 6) is 0.763. The molecule has 1 aliphatic rings. The fourth-order valence-electron chi connectivity index (χ4n) is 3.28. The quantitative estimate of drug-likeness (QED) is 0.801. The molecule has 0 saturated heterocycles. The molecule has 4 heteroatoms. The van der Waals surface area contributed by atoms with Crippen LogP contribution >= 0.6 is 15.9 Å². The van der Waals surface area contributed by atoms with Crippen LogP contribution in [0, 0.1) is 5.92 Å². The van der Waals surface area contributed by atoms with Gasteiger partial charge in [-0.25, -0.2) is 0 Å². The van der Waals surface area contributed by atoms with Gasteiger partial charge in [-0.15, -0.1) is 0 Å². The zero-order chi connectivity index (χ0) is 14.7. The van der Waals surface area contributed by atoms with Crippen LogP contribution in [0.2, 0.25) is 0 Å². The first-order valence-electron chi connectivity index (χ1n) is 7.67. The van der Waals surface area contributed by atoms with Gasteiger partial charge in [0.2, 0.25) is 0 Å². The zero-order valence-corrected chi connectivity index (χ0v) is 14.3. The number of amides is 1. The lowest BCUT2D eigenvalue weighted by Gasteiger charge is -2.36. The van der Waals surface area contributed by atoms with Gasteiger partial charge in [-0.1, -0.05) is 26.7 Å². The first-order valence-corrected chi connectivity index (χ1v) is 8.46. The van der Waals surface area contributed by atoms with Gasteiger partial charge in [-0.05, 0) is 47.2 Å². The van der Waals surface area contributed by atoms with E-state index < -0.39 is 0 Å². The highest BCUT2D eigenvalue weighted by molar-refractivity contribution is 9.10. The minimum atomic E-state index is 0.155. The topological polar surface area (TPSA) is 25.2 Å². The molecule has 2 unspecified atom stereocenters. The molecule has 2 rings (SSSR count). The Morgan fingerprint density at radius 1 is 1.45 bits per heavy atom. The van der Waals surface area contributed by atoms with Crippen molar-refractivity contribution in [2.45, 2.75) is 58.5 Å². The highest BCUT2D eigenvalue weighted by Crippen LogP contribution is 2.28. The number of hydrogen-bond donors (Lipinski definition) is 0. The Morgan fingerprint density at radius 2 is 2.15 bits per heavy atom. The maximum atomic E-state index is 12.8. The molecule has 0 radical (unpaired) electrons. The summed E-state index contributed by atoms with van der Waals surface area (Å²) in [6.07, 6.45) is 7.96. The number of halogens is 1. The van der Waals surface area contributed by atoms with Crippen LogP contribution in [0.4, 0.5) is 0 Å². The van der Waals surface area contributed by atoms with Crippen LogP contribution in [-0.2, 0) is 6.54 Å². The fraction of sp³-hybridized carbons (Fsp3) is 0.688. The monoisotopic (exact) mass is 340 g/mol. The van der Waals surface area contributed by atoms with Gasteiger partial charge in [-0.2, -0.15) is 0 Å². The van der Waals surface area contributed by atoms with Gasteiger partial charge >= 0.3 is 0 Å². The van der Waals surface area contributed by atoms with Crippen molar-refractivity contribution in [2.75, 3.05) is 7.05 Å². The Bertz CT molecular complexity index is 469. The summed E-state index contributed by atoms with van der Waals surface area (Å²) in [7, 11) is 1.96. The number of hydrogen-bond acceptors (Lipinski definition) is 1. The molecular formula is C16H25BrN2O. The fourth-order valence-corrected chi connectivity index (χ4v) is 3.75. The van der Waals surface area contributed by atoms with Crippen molar-refractivity contribution in [3.05, 3.63) is 22.4 Å². The molecule has 0 N–H and O–H groups in total. The number of nitrogens with zero attached hydrogens (tertiary/aromatic N) is 2. The smallest absolute Gasteiger partial charge is 0.270 e. The molecular weight excluding hydrogens is 316 g/mol. The molecule has 0 aromatic carbocycles. The Morgan fingerprint density at radius 3 is 2.80 bits per heavy atom. The summed E-state index contributed by atoms with van der Waals surface area (Å²) in [4.78, 5) is 14.8. The number of carbonyl (C=O) groups is 1. The third-order valence-electron chi connectivity index (χ3n) is 4.43. The van der Waals surface area contributed by atoms with Crippen LogP contribution in [0.1, 0.15) is 56.4 Å². The number of aromatic nitrogens is 1. The Balaban J connectivity index is 2.17. The number of aryl methyl sites for hydroxylation is 1. The Kier molecular flexibility index (Phi) is 5.30. The van der Waals surface area contributed by atoms with Gasteiger partial charge in [-0.3, -0.25) is 4.79 Å². The molecule has 1 aliphatic carbocycles. The predicted octanol–water partition coefficient (Wildman–Crippen LogP) is 4.31. The lowest BCUT2D eigenvalue weighted by molar-refractivity contribution is 0.0618. The molecule has 1 heterocycles.